The van der Waals surface area contributed by atoms with Gasteiger partial charge in [-0.2, -0.15) is 5.26 Å². The summed E-state index contributed by atoms with van der Waals surface area (Å²) in [5.74, 6) is -0.820. The van der Waals surface area contributed by atoms with Crippen LogP contribution in [0, 0.1) is 11.3 Å². The van der Waals surface area contributed by atoms with Crippen LogP contribution in [0.5, 0.6) is 0 Å². The molecule has 0 aromatic heterocycles. The third-order valence-electron chi connectivity index (χ3n) is 3.60. The van der Waals surface area contributed by atoms with Gasteiger partial charge in [0.2, 0.25) is 5.91 Å². The molecule has 0 heterocycles. The molecule has 0 radical (unpaired) electrons. The van der Waals surface area contributed by atoms with E-state index in [1.165, 1.54) is 6.42 Å². The molecule has 1 rings (SSSR count). The summed E-state index contributed by atoms with van der Waals surface area (Å²) in [6.07, 6.45) is 5.87. The molecule has 1 aliphatic carbocycles. The van der Waals surface area contributed by atoms with Gasteiger partial charge in [0.1, 0.15) is 5.75 Å². The molecule has 1 amide bonds. The standard InChI is InChI=1S/C13H22N2O3S/c1-15(12-7-3-2-4-8-12)13(16)11-19(17,18)10-6-5-9-14/h12H,2-8,10-11H2,1H3. The molecule has 19 heavy (non-hydrogen) atoms. The summed E-state index contributed by atoms with van der Waals surface area (Å²) in [7, 11) is -1.68. The van der Waals surface area contributed by atoms with Crippen LogP contribution in [0.15, 0.2) is 0 Å². The summed E-state index contributed by atoms with van der Waals surface area (Å²) in [6, 6.07) is 2.10. The van der Waals surface area contributed by atoms with Gasteiger partial charge in [0, 0.05) is 19.5 Å². The van der Waals surface area contributed by atoms with Gasteiger partial charge in [-0.25, -0.2) is 8.42 Å². The summed E-state index contributed by atoms with van der Waals surface area (Å²) >= 11 is 0. The van der Waals surface area contributed by atoms with E-state index in [-0.39, 0.29) is 24.1 Å². The summed E-state index contributed by atoms with van der Waals surface area (Å²) in [4.78, 5) is 13.6. The van der Waals surface area contributed by atoms with Crippen LogP contribution in [-0.2, 0) is 14.6 Å². The number of nitrogens with zero attached hydrogens (tertiary/aromatic N) is 2. The van der Waals surface area contributed by atoms with Crippen LogP contribution in [0.1, 0.15) is 44.9 Å². The Morgan fingerprint density at radius 3 is 2.53 bits per heavy atom. The molecular formula is C13H22N2O3S. The second-order valence-corrected chi connectivity index (χ2v) is 7.33. The molecule has 6 heteroatoms. The van der Waals surface area contributed by atoms with Crippen LogP contribution in [0.2, 0.25) is 0 Å². The number of hydrogen-bond donors (Lipinski definition) is 0. The first-order valence-electron chi connectivity index (χ1n) is 6.79. The lowest BCUT2D eigenvalue weighted by Gasteiger charge is -2.31. The molecule has 1 aliphatic rings. The van der Waals surface area contributed by atoms with Gasteiger partial charge >= 0.3 is 0 Å². The van der Waals surface area contributed by atoms with Gasteiger partial charge in [-0.3, -0.25) is 4.79 Å². The van der Waals surface area contributed by atoms with E-state index in [9.17, 15) is 13.2 Å². The Balaban J connectivity index is 2.46. The second-order valence-electron chi connectivity index (χ2n) is 5.15. The minimum absolute atomic E-state index is 0.0786. The fraction of sp³-hybridized carbons (Fsp3) is 0.846. The Morgan fingerprint density at radius 2 is 1.95 bits per heavy atom. The van der Waals surface area contributed by atoms with Gasteiger partial charge in [0.15, 0.2) is 9.84 Å². The maximum absolute atomic E-state index is 12.0. The second kappa shape index (κ2) is 7.49. The van der Waals surface area contributed by atoms with Gasteiger partial charge in [0.05, 0.1) is 11.8 Å². The highest BCUT2D eigenvalue weighted by Gasteiger charge is 2.25. The highest BCUT2D eigenvalue weighted by molar-refractivity contribution is 7.92. The zero-order valence-electron chi connectivity index (χ0n) is 11.5. The molecule has 1 fully saturated rings. The van der Waals surface area contributed by atoms with Crippen molar-refractivity contribution >= 4 is 15.7 Å². The Morgan fingerprint density at radius 1 is 1.32 bits per heavy atom. The lowest BCUT2D eigenvalue weighted by Crippen LogP contribution is -2.41. The molecule has 108 valence electrons. The maximum Gasteiger partial charge on any atom is 0.237 e. The van der Waals surface area contributed by atoms with Crippen LogP contribution in [0.3, 0.4) is 0 Å². The molecular weight excluding hydrogens is 264 g/mol. The first-order valence-corrected chi connectivity index (χ1v) is 8.61. The van der Waals surface area contributed by atoms with E-state index in [1.54, 1.807) is 11.9 Å². The molecule has 1 saturated carbocycles. The lowest BCUT2D eigenvalue weighted by atomic mass is 9.94. The average molecular weight is 286 g/mol. The zero-order chi connectivity index (χ0) is 14.3. The summed E-state index contributed by atoms with van der Waals surface area (Å²) < 4.78 is 23.5. The van der Waals surface area contributed by atoms with Crippen molar-refractivity contribution in [3.8, 4) is 6.07 Å². The minimum Gasteiger partial charge on any atom is -0.342 e. The van der Waals surface area contributed by atoms with Crippen molar-refractivity contribution in [2.45, 2.75) is 51.0 Å². The molecule has 0 aromatic rings. The molecule has 0 spiro atoms. The van der Waals surface area contributed by atoms with Crippen LogP contribution < -0.4 is 0 Å². The van der Waals surface area contributed by atoms with Gasteiger partial charge < -0.3 is 4.90 Å². The highest BCUT2D eigenvalue weighted by Crippen LogP contribution is 2.21. The quantitative estimate of drug-likeness (QED) is 0.693. The largest absolute Gasteiger partial charge is 0.342 e. The number of unbranched alkanes of at least 4 members (excludes halogenated alkanes) is 1. The van der Waals surface area contributed by atoms with Gasteiger partial charge in [0.25, 0.3) is 0 Å². The van der Waals surface area contributed by atoms with E-state index in [1.807, 2.05) is 6.07 Å². The van der Waals surface area contributed by atoms with Crippen molar-refractivity contribution < 1.29 is 13.2 Å². The van der Waals surface area contributed by atoms with E-state index in [4.69, 9.17) is 5.26 Å². The Bertz CT molecular complexity index is 433. The normalized spacial score (nSPS) is 16.8. The van der Waals surface area contributed by atoms with Crippen LogP contribution in [0.25, 0.3) is 0 Å². The molecule has 0 N–H and O–H groups in total. The average Bonchev–Trinajstić information content (AvgIpc) is 2.38. The molecule has 0 aliphatic heterocycles. The number of hydrogen-bond acceptors (Lipinski definition) is 4. The Labute approximate surface area is 115 Å². The van der Waals surface area contributed by atoms with Gasteiger partial charge in [-0.1, -0.05) is 19.3 Å². The molecule has 5 nitrogen and oxygen atoms in total. The number of nitriles is 1. The number of amides is 1. The summed E-state index contributed by atoms with van der Waals surface area (Å²) in [6.45, 7) is 0. The smallest absolute Gasteiger partial charge is 0.237 e. The zero-order valence-corrected chi connectivity index (χ0v) is 12.3. The van der Waals surface area contributed by atoms with Crippen molar-refractivity contribution in [1.82, 2.24) is 4.90 Å². The van der Waals surface area contributed by atoms with Crippen LogP contribution in [0.4, 0.5) is 0 Å². The molecule has 0 atom stereocenters. The van der Waals surface area contributed by atoms with Crippen molar-refractivity contribution in [1.29, 1.82) is 5.26 Å². The first-order chi connectivity index (χ1) is 8.96. The fourth-order valence-corrected chi connectivity index (χ4v) is 3.71. The minimum atomic E-state index is -3.38. The third-order valence-corrected chi connectivity index (χ3v) is 5.20. The SMILES string of the molecule is CN(C(=O)CS(=O)(=O)CCCC#N)C1CCCCC1. The fourth-order valence-electron chi connectivity index (χ4n) is 2.41. The van der Waals surface area contributed by atoms with E-state index in [0.717, 1.165) is 25.7 Å². The van der Waals surface area contributed by atoms with Gasteiger partial charge in [-0.15, -0.1) is 0 Å². The van der Waals surface area contributed by atoms with Gasteiger partial charge in [-0.05, 0) is 19.3 Å². The van der Waals surface area contributed by atoms with E-state index >= 15 is 0 Å². The Kier molecular flexibility index (Phi) is 6.29. The Hall–Kier alpha value is -1.09. The number of rotatable bonds is 6. The number of carbonyl (C=O) groups is 1. The topological polar surface area (TPSA) is 78.2 Å². The molecule has 0 bridgehead atoms. The summed E-state index contributed by atoms with van der Waals surface area (Å²) in [5.41, 5.74) is 0. The lowest BCUT2D eigenvalue weighted by molar-refractivity contribution is -0.129. The van der Waals surface area contributed by atoms with E-state index < -0.39 is 15.6 Å². The van der Waals surface area contributed by atoms with Crippen molar-refractivity contribution in [3.63, 3.8) is 0 Å². The summed E-state index contributed by atoms with van der Waals surface area (Å²) in [5, 5.41) is 8.38. The molecule has 0 saturated heterocycles. The van der Waals surface area contributed by atoms with Crippen molar-refractivity contribution in [3.05, 3.63) is 0 Å². The molecule has 0 unspecified atom stereocenters. The van der Waals surface area contributed by atoms with E-state index in [0.29, 0.717) is 6.42 Å². The highest BCUT2D eigenvalue weighted by atomic mass is 32.2. The predicted octanol–water partition coefficient (Wildman–Crippen LogP) is 1.50. The first kappa shape index (κ1) is 16.0. The maximum atomic E-state index is 12.0. The third kappa shape index (κ3) is 5.60. The van der Waals surface area contributed by atoms with Crippen LogP contribution in [-0.4, -0.2) is 43.8 Å². The predicted molar refractivity (Wildman–Crippen MR) is 73.1 cm³/mol. The van der Waals surface area contributed by atoms with Crippen molar-refractivity contribution in [2.24, 2.45) is 0 Å². The van der Waals surface area contributed by atoms with Crippen molar-refractivity contribution in [2.75, 3.05) is 18.6 Å². The number of sulfone groups is 1. The number of carbonyl (C=O) groups excluding carboxylic acids is 1. The monoisotopic (exact) mass is 286 g/mol. The molecule has 0 aromatic carbocycles. The van der Waals surface area contributed by atoms with Crippen LogP contribution >= 0.6 is 0 Å². The van der Waals surface area contributed by atoms with E-state index in [2.05, 4.69) is 0 Å².